The second-order valence-corrected chi connectivity index (χ2v) is 10.7. The number of carbonyl (C=O) groups excluding carboxylic acids is 1. The van der Waals surface area contributed by atoms with Crippen LogP contribution in [0, 0.1) is 0 Å². The monoisotopic (exact) mass is 553 g/mol. The highest BCUT2D eigenvalue weighted by atomic mass is 32.2. The van der Waals surface area contributed by atoms with Crippen LogP contribution in [0.3, 0.4) is 0 Å². The second-order valence-electron chi connectivity index (χ2n) is 9.65. The smallest absolute Gasteiger partial charge is 0.222 e. The van der Waals surface area contributed by atoms with E-state index in [9.17, 15) is 4.79 Å². The third-order valence-electron chi connectivity index (χ3n) is 6.96. The number of rotatable bonds is 11. The van der Waals surface area contributed by atoms with Crippen molar-refractivity contribution in [1.82, 2.24) is 24.6 Å². The number of ether oxygens (including phenoxy) is 1. The van der Waals surface area contributed by atoms with Crippen LogP contribution in [0.1, 0.15) is 18.4 Å². The van der Waals surface area contributed by atoms with Crippen LogP contribution < -0.4 is 4.74 Å². The summed E-state index contributed by atoms with van der Waals surface area (Å²) in [6.07, 6.45) is 5.70. The Kier molecular flexibility index (Phi) is 9.66. The fraction of sp³-hybridized carbons (Fsp3) is 0.281. The summed E-state index contributed by atoms with van der Waals surface area (Å²) < 4.78 is 7.41. The Morgan fingerprint density at radius 1 is 0.900 bits per heavy atom. The van der Waals surface area contributed by atoms with Crippen LogP contribution in [0.4, 0.5) is 0 Å². The number of benzene rings is 3. The largest absolute Gasteiger partial charge is 0.497 e. The molecule has 0 aliphatic carbocycles. The Bertz CT molecular complexity index is 1380. The Morgan fingerprint density at radius 3 is 2.30 bits per heavy atom. The molecule has 5 rings (SSSR count). The van der Waals surface area contributed by atoms with Crippen molar-refractivity contribution < 1.29 is 9.53 Å². The van der Waals surface area contributed by atoms with Crippen molar-refractivity contribution in [2.75, 3.05) is 45.6 Å². The standard InChI is InChI=1S/C32H35N5O2S/c1-39-29-18-16-28(17-19-29)37-31(27-13-6-3-7-14-27)33-34-32(37)40-25-9-15-30(38)36-23-21-35(22-24-36)20-8-12-26-10-4-2-5-11-26/h2-8,10-14,16-19H,9,15,20-25H2,1H3/b12-8+. The van der Waals surface area contributed by atoms with Gasteiger partial charge in [-0.3, -0.25) is 14.3 Å². The molecule has 4 aromatic rings. The summed E-state index contributed by atoms with van der Waals surface area (Å²) in [5.41, 5.74) is 3.19. The van der Waals surface area contributed by atoms with Gasteiger partial charge in [-0.25, -0.2) is 0 Å². The van der Waals surface area contributed by atoms with Gasteiger partial charge in [-0.2, -0.15) is 0 Å². The first-order chi connectivity index (χ1) is 19.7. The van der Waals surface area contributed by atoms with E-state index in [0.29, 0.717) is 6.42 Å². The van der Waals surface area contributed by atoms with Gasteiger partial charge >= 0.3 is 0 Å². The van der Waals surface area contributed by atoms with Crippen LogP contribution in [0.25, 0.3) is 23.2 Å². The minimum atomic E-state index is 0.238. The Morgan fingerprint density at radius 2 is 1.60 bits per heavy atom. The van der Waals surface area contributed by atoms with Crippen molar-refractivity contribution in [3.8, 4) is 22.8 Å². The Labute approximate surface area is 240 Å². The quantitative estimate of drug-likeness (QED) is 0.176. The number of carbonyl (C=O) groups is 1. The molecule has 1 amide bonds. The van der Waals surface area contributed by atoms with E-state index in [-0.39, 0.29) is 5.91 Å². The lowest BCUT2D eigenvalue weighted by atomic mass is 10.2. The molecule has 0 radical (unpaired) electrons. The van der Waals surface area contributed by atoms with E-state index in [1.54, 1.807) is 18.9 Å². The molecule has 0 atom stereocenters. The number of piperazine rings is 1. The van der Waals surface area contributed by atoms with Gasteiger partial charge in [0, 0.05) is 56.1 Å². The van der Waals surface area contributed by atoms with Gasteiger partial charge < -0.3 is 9.64 Å². The molecule has 7 nitrogen and oxygen atoms in total. The van der Waals surface area contributed by atoms with E-state index >= 15 is 0 Å². The highest BCUT2D eigenvalue weighted by Gasteiger charge is 2.21. The number of thioether (sulfide) groups is 1. The van der Waals surface area contributed by atoms with E-state index in [1.165, 1.54) is 5.56 Å². The molecule has 0 N–H and O–H groups in total. The number of amides is 1. The molecule has 3 aromatic carbocycles. The molecule has 206 valence electrons. The van der Waals surface area contributed by atoms with Gasteiger partial charge in [0.25, 0.3) is 0 Å². The van der Waals surface area contributed by atoms with Gasteiger partial charge in [0.2, 0.25) is 5.91 Å². The third kappa shape index (κ3) is 7.20. The lowest BCUT2D eigenvalue weighted by Crippen LogP contribution is -2.48. The number of hydrogen-bond donors (Lipinski definition) is 0. The van der Waals surface area contributed by atoms with Crippen LogP contribution >= 0.6 is 11.8 Å². The van der Waals surface area contributed by atoms with Crippen molar-refractivity contribution in [1.29, 1.82) is 0 Å². The molecule has 0 saturated carbocycles. The topological polar surface area (TPSA) is 63.5 Å². The first-order valence-corrected chi connectivity index (χ1v) is 14.7. The molecule has 1 fully saturated rings. The second kappa shape index (κ2) is 14.0. The molecule has 2 heterocycles. The fourth-order valence-corrected chi connectivity index (χ4v) is 5.62. The number of hydrogen-bond acceptors (Lipinski definition) is 6. The van der Waals surface area contributed by atoms with Crippen molar-refractivity contribution >= 4 is 23.7 Å². The summed E-state index contributed by atoms with van der Waals surface area (Å²) >= 11 is 1.64. The van der Waals surface area contributed by atoms with Crippen molar-refractivity contribution in [2.24, 2.45) is 0 Å². The molecule has 0 unspecified atom stereocenters. The third-order valence-corrected chi connectivity index (χ3v) is 7.98. The van der Waals surface area contributed by atoms with Crippen LogP contribution in [0.5, 0.6) is 5.75 Å². The average Bonchev–Trinajstić information content (AvgIpc) is 3.44. The van der Waals surface area contributed by atoms with Crippen LogP contribution in [0.15, 0.2) is 96.2 Å². The number of nitrogens with zero attached hydrogens (tertiary/aromatic N) is 5. The molecular formula is C32H35N5O2S. The summed E-state index contributed by atoms with van der Waals surface area (Å²) in [4.78, 5) is 17.3. The number of methoxy groups -OCH3 is 1. The van der Waals surface area contributed by atoms with Gasteiger partial charge in [0.05, 0.1) is 7.11 Å². The SMILES string of the molecule is COc1ccc(-n2c(SCCCC(=O)N3CCN(C/C=C/c4ccccc4)CC3)nnc2-c2ccccc2)cc1. The molecule has 0 bridgehead atoms. The maximum Gasteiger partial charge on any atom is 0.222 e. The first kappa shape index (κ1) is 27.7. The molecule has 0 spiro atoms. The lowest BCUT2D eigenvalue weighted by molar-refractivity contribution is -0.132. The minimum Gasteiger partial charge on any atom is -0.497 e. The summed E-state index contributed by atoms with van der Waals surface area (Å²) in [5, 5.41) is 9.84. The predicted molar refractivity (Wildman–Crippen MR) is 162 cm³/mol. The van der Waals surface area contributed by atoms with Gasteiger partial charge in [0.15, 0.2) is 11.0 Å². The zero-order chi connectivity index (χ0) is 27.6. The van der Waals surface area contributed by atoms with Crippen molar-refractivity contribution in [3.63, 3.8) is 0 Å². The highest BCUT2D eigenvalue weighted by molar-refractivity contribution is 7.99. The van der Waals surface area contributed by atoms with E-state index in [1.807, 2.05) is 65.6 Å². The van der Waals surface area contributed by atoms with Crippen LogP contribution in [-0.4, -0.2) is 76.1 Å². The van der Waals surface area contributed by atoms with Crippen molar-refractivity contribution in [3.05, 3.63) is 96.6 Å². The normalized spacial score (nSPS) is 14.1. The van der Waals surface area contributed by atoms with E-state index in [4.69, 9.17) is 4.74 Å². The van der Waals surface area contributed by atoms with E-state index in [2.05, 4.69) is 56.1 Å². The lowest BCUT2D eigenvalue weighted by Gasteiger charge is -2.34. The first-order valence-electron chi connectivity index (χ1n) is 13.7. The Hall–Kier alpha value is -3.88. The summed E-state index contributed by atoms with van der Waals surface area (Å²) in [7, 11) is 1.66. The van der Waals surface area contributed by atoms with Gasteiger partial charge in [-0.1, -0.05) is 84.6 Å². The molecule has 1 saturated heterocycles. The summed E-state index contributed by atoms with van der Waals surface area (Å²) in [6.45, 7) is 4.31. The van der Waals surface area contributed by atoms with Gasteiger partial charge in [-0.15, -0.1) is 10.2 Å². The number of aromatic nitrogens is 3. The van der Waals surface area contributed by atoms with Gasteiger partial charge in [0.1, 0.15) is 5.75 Å². The Balaban J connectivity index is 1.12. The maximum atomic E-state index is 12.9. The van der Waals surface area contributed by atoms with Crippen LogP contribution in [0.2, 0.25) is 0 Å². The van der Waals surface area contributed by atoms with Crippen LogP contribution in [-0.2, 0) is 4.79 Å². The maximum absolute atomic E-state index is 12.9. The molecular weight excluding hydrogens is 518 g/mol. The predicted octanol–water partition coefficient (Wildman–Crippen LogP) is 5.67. The zero-order valence-corrected chi connectivity index (χ0v) is 23.7. The summed E-state index contributed by atoms with van der Waals surface area (Å²) in [6, 6.07) is 28.3. The summed E-state index contributed by atoms with van der Waals surface area (Å²) in [5.74, 6) is 2.62. The van der Waals surface area contributed by atoms with E-state index < -0.39 is 0 Å². The molecule has 1 aromatic heterocycles. The highest BCUT2D eigenvalue weighted by Crippen LogP contribution is 2.29. The molecule has 40 heavy (non-hydrogen) atoms. The zero-order valence-electron chi connectivity index (χ0n) is 22.9. The molecule has 8 heteroatoms. The van der Waals surface area contributed by atoms with Crippen molar-refractivity contribution in [2.45, 2.75) is 18.0 Å². The minimum absolute atomic E-state index is 0.238. The molecule has 1 aliphatic heterocycles. The average molecular weight is 554 g/mol. The fourth-order valence-electron chi connectivity index (χ4n) is 4.73. The van der Waals surface area contributed by atoms with Gasteiger partial charge in [-0.05, 0) is 36.2 Å². The van der Waals surface area contributed by atoms with E-state index in [0.717, 1.165) is 72.9 Å². The molecule has 1 aliphatic rings.